The van der Waals surface area contributed by atoms with E-state index in [0.29, 0.717) is 6.26 Å². The van der Waals surface area contributed by atoms with Crippen LogP contribution >= 0.6 is 0 Å². The van der Waals surface area contributed by atoms with Gasteiger partial charge >= 0.3 is 0 Å². The van der Waals surface area contributed by atoms with Crippen LogP contribution in [0.4, 0.5) is 0 Å². The highest BCUT2D eigenvalue weighted by Crippen LogP contribution is 1.97. The number of rotatable bonds is 5. The van der Waals surface area contributed by atoms with Crippen LogP contribution in [0.15, 0.2) is 0 Å². The molecule has 0 aliphatic carbocycles. The summed E-state index contributed by atoms with van der Waals surface area (Å²) in [4.78, 5) is 1.86. The molecule has 16 heavy (non-hydrogen) atoms. The zero-order valence-electron chi connectivity index (χ0n) is 10.5. The lowest BCUT2D eigenvalue weighted by Gasteiger charge is -2.10. The molecule has 1 fully saturated rings. The van der Waals surface area contributed by atoms with Crippen molar-refractivity contribution in [3.8, 4) is 0 Å². The number of nitrogens with one attached hydrogen (secondary N) is 1. The second-order valence-electron chi connectivity index (χ2n) is 4.47. The second-order valence-corrected chi connectivity index (χ2v) is 5.88. The Kier molecular flexibility index (Phi) is 8.89. The van der Waals surface area contributed by atoms with Crippen molar-refractivity contribution in [2.45, 2.75) is 45.4 Å². The van der Waals surface area contributed by atoms with E-state index in [1.54, 1.807) is 0 Å². The van der Waals surface area contributed by atoms with Crippen LogP contribution in [0.2, 0.25) is 0 Å². The van der Waals surface area contributed by atoms with E-state index in [2.05, 4.69) is 6.92 Å². The van der Waals surface area contributed by atoms with Crippen molar-refractivity contribution in [1.29, 1.82) is 0 Å². The maximum atomic E-state index is 9.08. The topological polar surface area (TPSA) is 61.6 Å². The quantitative estimate of drug-likeness (QED) is 0.568. The van der Waals surface area contributed by atoms with Crippen LogP contribution in [0, 0.1) is 0 Å². The predicted octanol–water partition coefficient (Wildman–Crippen LogP) is 0.407. The van der Waals surface area contributed by atoms with E-state index < -0.39 is 10.1 Å². The van der Waals surface area contributed by atoms with Crippen molar-refractivity contribution in [3.63, 3.8) is 0 Å². The van der Waals surface area contributed by atoms with E-state index in [1.807, 2.05) is 4.90 Å². The highest BCUT2D eigenvalue weighted by atomic mass is 32.2. The van der Waals surface area contributed by atoms with Crippen molar-refractivity contribution < 1.29 is 17.9 Å². The molecule has 1 aliphatic rings. The minimum absolute atomic E-state index is 0.604. The molecule has 1 N–H and O–H groups in total. The van der Waals surface area contributed by atoms with E-state index in [0.717, 1.165) is 0 Å². The average Bonchev–Trinajstić information content (AvgIpc) is 2.62. The molecule has 0 saturated carbocycles. The number of unbranched alkanes of at least 4 members (excludes halogenated alkanes) is 3. The van der Waals surface area contributed by atoms with Gasteiger partial charge in [-0.2, -0.15) is 0 Å². The fourth-order valence-corrected chi connectivity index (χ4v) is 1.93. The summed E-state index contributed by atoms with van der Waals surface area (Å²) in [6.07, 6.45) is 9.28. The lowest BCUT2D eigenvalue weighted by molar-refractivity contribution is -0.887. The van der Waals surface area contributed by atoms with Gasteiger partial charge in [0.15, 0.2) is 0 Å². The Morgan fingerprint density at radius 2 is 1.62 bits per heavy atom. The van der Waals surface area contributed by atoms with Crippen molar-refractivity contribution >= 4 is 10.1 Å². The Labute approximate surface area is 99.8 Å². The van der Waals surface area contributed by atoms with Gasteiger partial charge < -0.3 is 9.45 Å². The third-order valence-electron chi connectivity index (χ3n) is 2.69. The molecule has 0 aromatic rings. The van der Waals surface area contributed by atoms with E-state index in [-0.39, 0.29) is 0 Å². The number of hydrogen-bond donors (Lipinski definition) is 1. The van der Waals surface area contributed by atoms with Gasteiger partial charge in [-0.15, -0.1) is 0 Å². The van der Waals surface area contributed by atoms with Gasteiger partial charge in [-0.1, -0.05) is 19.8 Å². The SMILES string of the molecule is CCCCCC[NH+]1CCCC1.CS(=O)(=O)[O-]. The predicted molar refractivity (Wildman–Crippen MR) is 64.6 cm³/mol. The van der Waals surface area contributed by atoms with Gasteiger partial charge in [0, 0.05) is 19.1 Å². The summed E-state index contributed by atoms with van der Waals surface area (Å²) in [5.74, 6) is 0. The zero-order chi connectivity index (χ0) is 12.4. The second kappa shape index (κ2) is 8.96. The van der Waals surface area contributed by atoms with Gasteiger partial charge in [0.25, 0.3) is 0 Å². The van der Waals surface area contributed by atoms with Gasteiger partial charge in [-0.25, -0.2) is 8.42 Å². The minimum atomic E-state index is -3.92. The molecule has 0 amide bonds. The number of likely N-dealkylation sites (tertiary alicyclic amines) is 1. The molecule has 0 bridgehead atoms. The van der Waals surface area contributed by atoms with Crippen LogP contribution in [0.3, 0.4) is 0 Å². The smallest absolute Gasteiger partial charge is 0.0916 e. The molecule has 0 aromatic carbocycles. The van der Waals surface area contributed by atoms with Crippen molar-refractivity contribution in [1.82, 2.24) is 0 Å². The third-order valence-corrected chi connectivity index (χ3v) is 2.69. The maximum Gasteiger partial charge on any atom is 0.0916 e. The largest absolute Gasteiger partial charge is 0.748 e. The van der Waals surface area contributed by atoms with Crippen LogP contribution in [0.1, 0.15) is 45.4 Å². The van der Waals surface area contributed by atoms with E-state index in [9.17, 15) is 0 Å². The first-order valence-electron chi connectivity index (χ1n) is 6.18. The summed E-state index contributed by atoms with van der Waals surface area (Å²) >= 11 is 0. The summed E-state index contributed by atoms with van der Waals surface area (Å²) in [5.41, 5.74) is 0. The molecule has 1 saturated heterocycles. The molecule has 0 radical (unpaired) electrons. The molecule has 0 unspecified atom stereocenters. The Morgan fingerprint density at radius 1 is 1.12 bits per heavy atom. The minimum Gasteiger partial charge on any atom is -0.748 e. The fraction of sp³-hybridized carbons (Fsp3) is 1.00. The van der Waals surface area contributed by atoms with Crippen molar-refractivity contribution in [2.24, 2.45) is 0 Å². The molecule has 4 nitrogen and oxygen atoms in total. The fourth-order valence-electron chi connectivity index (χ4n) is 1.93. The Bertz CT molecular complexity index is 238. The van der Waals surface area contributed by atoms with E-state index >= 15 is 0 Å². The highest BCUT2D eigenvalue weighted by molar-refractivity contribution is 7.84. The van der Waals surface area contributed by atoms with E-state index in [4.69, 9.17) is 13.0 Å². The Hall–Kier alpha value is -0.130. The normalized spacial score (nSPS) is 16.9. The molecule has 1 heterocycles. The van der Waals surface area contributed by atoms with Gasteiger partial charge in [0.1, 0.15) is 0 Å². The van der Waals surface area contributed by atoms with Gasteiger partial charge in [-0.3, -0.25) is 0 Å². The molecule has 98 valence electrons. The van der Waals surface area contributed by atoms with E-state index in [1.165, 1.54) is 58.2 Å². The van der Waals surface area contributed by atoms with Crippen LogP contribution in [0.25, 0.3) is 0 Å². The average molecular weight is 251 g/mol. The van der Waals surface area contributed by atoms with Gasteiger partial charge in [0.05, 0.1) is 29.8 Å². The van der Waals surface area contributed by atoms with Crippen LogP contribution in [-0.2, 0) is 10.1 Å². The van der Waals surface area contributed by atoms with Crippen molar-refractivity contribution in [2.75, 3.05) is 25.9 Å². The lowest BCUT2D eigenvalue weighted by Crippen LogP contribution is -3.09. The number of hydrogen-bond acceptors (Lipinski definition) is 3. The third kappa shape index (κ3) is 13.9. The number of quaternary nitrogens is 1. The van der Waals surface area contributed by atoms with Crippen LogP contribution in [0.5, 0.6) is 0 Å². The zero-order valence-corrected chi connectivity index (χ0v) is 11.3. The summed E-state index contributed by atoms with van der Waals surface area (Å²) in [6.45, 7) is 6.63. The van der Waals surface area contributed by atoms with Crippen LogP contribution < -0.4 is 4.90 Å². The molecule has 1 aliphatic heterocycles. The Balaban J connectivity index is 0.000000385. The molecule has 5 heteroatoms. The molecule has 0 atom stereocenters. The molecule has 0 spiro atoms. The first-order chi connectivity index (χ1) is 7.43. The van der Waals surface area contributed by atoms with Gasteiger partial charge in [0.2, 0.25) is 0 Å². The van der Waals surface area contributed by atoms with Gasteiger partial charge in [-0.05, 0) is 12.8 Å². The molecular weight excluding hydrogens is 226 g/mol. The lowest BCUT2D eigenvalue weighted by atomic mass is 10.2. The Morgan fingerprint density at radius 3 is 2.06 bits per heavy atom. The summed E-state index contributed by atoms with van der Waals surface area (Å²) < 4.78 is 27.2. The first-order valence-corrected chi connectivity index (χ1v) is 7.99. The molecular formula is C11H25NO3S. The van der Waals surface area contributed by atoms with Crippen LogP contribution in [-0.4, -0.2) is 38.9 Å². The summed E-state index contributed by atoms with van der Waals surface area (Å²) in [7, 11) is -3.92. The monoisotopic (exact) mass is 251 g/mol. The maximum absolute atomic E-state index is 9.08. The van der Waals surface area contributed by atoms with Crippen molar-refractivity contribution in [3.05, 3.63) is 0 Å². The summed E-state index contributed by atoms with van der Waals surface area (Å²) in [5, 5.41) is 0. The molecule has 1 rings (SSSR count). The first kappa shape index (κ1) is 15.9. The molecule has 0 aromatic heterocycles. The summed E-state index contributed by atoms with van der Waals surface area (Å²) in [6, 6.07) is 0. The highest BCUT2D eigenvalue weighted by Gasteiger charge is 2.13. The standard InChI is InChI=1S/C10H21N.CH4O3S/c1-2-3-4-5-8-11-9-6-7-10-11;1-5(2,3)4/h2-10H2,1H3;1H3,(H,2,3,4).